The van der Waals surface area contributed by atoms with Crippen molar-refractivity contribution in [1.82, 2.24) is 9.78 Å². The molecular formula is C16H26N2O2. The van der Waals surface area contributed by atoms with Gasteiger partial charge in [-0.05, 0) is 46.5 Å². The van der Waals surface area contributed by atoms with Crippen LogP contribution in [0.5, 0.6) is 0 Å². The highest BCUT2D eigenvalue weighted by Crippen LogP contribution is 2.44. The Bertz CT molecular complexity index is 487. The van der Waals surface area contributed by atoms with Crippen molar-refractivity contribution in [2.75, 3.05) is 6.61 Å². The summed E-state index contributed by atoms with van der Waals surface area (Å²) < 4.78 is 8.26. The Balaban J connectivity index is 1.87. The van der Waals surface area contributed by atoms with Crippen molar-refractivity contribution in [3.8, 4) is 0 Å². The van der Waals surface area contributed by atoms with E-state index >= 15 is 0 Å². The first-order valence-corrected chi connectivity index (χ1v) is 7.90. The van der Waals surface area contributed by atoms with Gasteiger partial charge >= 0.3 is 0 Å². The maximum atomic E-state index is 9.92. The van der Waals surface area contributed by atoms with Crippen molar-refractivity contribution in [3.63, 3.8) is 0 Å². The normalized spacial score (nSPS) is 27.1. The van der Waals surface area contributed by atoms with E-state index in [2.05, 4.69) is 11.6 Å². The summed E-state index contributed by atoms with van der Waals surface area (Å²) >= 11 is 0. The number of aliphatic hydroxyl groups is 1. The van der Waals surface area contributed by atoms with Crippen LogP contribution in [0.3, 0.4) is 0 Å². The molecule has 1 aromatic rings. The van der Waals surface area contributed by atoms with Gasteiger partial charge in [0.1, 0.15) is 0 Å². The zero-order valence-corrected chi connectivity index (χ0v) is 12.9. The summed E-state index contributed by atoms with van der Waals surface area (Å²) in [6, 6.07) is 0.424. The van der Waals surface area contributed by atoms with Crippen LogP contribution in [-0.4, -0.2) is 27.1 Å². The van der Waals surface area contributed by atoms with Gasteiger partial charge in [0, 0.05) is 17.9 Å². The van der Waals surface area contributed by atoms with Gasteiger partial charge in [-0.2, -0.15) is 5.10 Å². The summed E-state index contributed by atoms with van der Waals surface area (Å²) in [5.41, 5.74) is 3.19. The lowest BCUT2D eigenvalue weighted by Gasteiger charge is -2.38. The molecule has 1 saturated carbocycles. The third kappa shape index (κ3) is 2.29. The SMILES string of the molecule is Cc1nn(C2CCOC3(CCCC3)C2)c(C)c1C(C)O. The fourth-order valence-corrected chi connectivity index (χ4v) is 4.21. The lowest BCUT2D eigenvalue weighted by atomic mass is 9.89. The first-order chi connectivity index (χ1) is 9.52. The average Bonchev–Trinajstić information content (AvgIpc) is 2.95. The van der Waals surface area contributed by atoms with Crippen LogP contribution in [0.2, 0.25) is 0 Å². The van der Waals surface area contributed by atoms with Crippen molar-refractivity contribution >= 4 is 0 Å². The zero-order chi connectivity index (χ0) is 14.3. The second kappa shape index (κ2) is 5.15. The van der Waals surface area contributed by atoms with Crippen LogP contribution < -0.4 is 0 Å². The molecule has 0 radical (unpaired) electrons. The molecule has 4 heteroatoms. The monoisotopic (exact) mass is 278 g/mol. The molecule has 1 aromatic heterocycles. The number of hydrogen-bond donors (Lipinski definition) is 1. The van der Waals surface area contributed by atoms with E-state index in [1.165, 1.54) is 25.7 Å². The van der Waals surface area contributed by atoms with Crippen LogP contribution in [-0.2, 0) is 4.74 Å². The minimum Gasteiger partial charge on any atom is -0.389 e. The van der Waals surface area contributed by atoms with Gasteiger partial charge in [0.05, 0.1) is 23.4 Å². The van der Waals surface area contributed by atoms with Gasteiger partial charge in [0.25, 0.3) is 0 Å². The second-order valence-corrected chi connectivity index (χ2v) is 6.59. The van der Waals surface area contributed by atoms with E-state index in [0.29, 0.717) is 6.04 Å². The van der Waals surface area contributed by atoms with Crippen molar-refractivity contribution in [2.45, 2.75) is 77.0 Å². The molecule has 2 heterocycles. The number of rotatable bonds is 2. The quantitative estimate of drug-likeness (QED) is 0.903. The molecule has 20 heavy (non-hydrogen) atoms. The van der Waals surface area contributed by atoms with Gasteiger partial charge in [0.15, 0.2) is 0 Å². The van der Waals surface area contributed by atoms with Gasteiger partial charge < -0.3 is 9.84 Å². The molecule has 2 aliphatic rings. The standard InChI is InChI=1S/C16H26N2O2/c1-11-15(13(3)19)12(2)18(17-11)14-6-9-20-16(10-14)7-4-5-8-16/h13-14,19H,4-10H2,1-3H3. The third-order valence-electron chi connectivity index (χ3n) is 5.13. The predicted molar refractivity (Wildman–Crippen MR) is 77.8 cm³/mol. The van der Waals surface area contributed by atoms with Crippen LogP contribution in [0.15, 0.2) is 0 Å². The Kier molecular flexibility index (Phi) is 3.63. The summed E-state index contributed by atoms with van der Waals surface area (Å²) in [5, 5.41) is 14.6. The van der Waals surface area contributed by atoms with Crippen LogP contribution >= 0.6 is 0 Å². The molecule has 3 rings (SSSR count). The lowest BCUT2D eigenvalue weighted by molar-refractivity contribution is -0.0912. The molecule has 0 aromatic carbocycles. The van der Waals surface area contributed by atoms with Gasteiger partial charge in [-0.1, -0.05) is 12.8 Å². The molecule has 4 nitrogen and oxygen atoms in total. The average molecular weight is 278 g/mol. The highest BCUT2D eigenvalue weighted by atomic mass is 16.5. The molecule has 2 unspecified atom stereocenters. The Morgan fingerprint density at radius 1 is 1.35 bits per heavy atom. The van der Waals surface area contributed by atoms with Gasteiger partial charge in [-0.25, -0.2) is 0 Å². The maximum absolute atomic E-state index is 9.92. The molecule has 2 atom stereocenters. The van der Waals surface area contributed by atoms with E-state index < -0.39 is 6.10 Å². The minimum absolute atomic E-state index is 0.111. The summed E-state index contributed by atoms with van der Waals surface area (Å²) in [6.07, 6.45) is 6.66. The Morgan fingerprint density at radius 2 is 2.05 bits per heavy atom. The van der Waals surface area contributed by atoms with E-state index in [1.54, 1.807) is 0 Å². The maximum Gasteiger partial charge on any atom is 0.0797 e. The van der Waals surface area contributed by atoms with E-state index in [4.69, 9.17) is 9.84 Å². The number of aromatic nitrogens is 2. The molecular weight excluding hydrogens is 252 g/mol. The first kappa shape index (κ1) is 14.1. The molecule has 1 N–H and O–H groups in total. The van der Waals surface area contributed by atoms with E-state index in [-0.39, 0.29) is 5.60 Å². The smallest absolute Gasteiger partial charge is 0.0797 e. The van der Waals surface area contributed by atoms with E-state index in [1.807, 2.05) is 13.8 Å². The first-order valence-electron chi connectivity index (χ1n) is 7.90. The second-order valence-electron chi connectivity index (χ2n) is 6.59. The highest BCUT2D eigenvalue weighted by Gasteiger charge is 2.41. The van der Waals surface area contributed by atoms with Crippen LogP contribution in [0.1, 0.15) is 74.5 Å². The predicted octanol–water partition coefficient (Wildman–Crippen LogP) is 3.22. The van der Waals surface area contributed by atoms with Crippen molar-refractivity contribution < 1.29 is 9.84 Å². The molecule has 1 aliphatic heterocycles. The molecule has 0 amide bonds. The van der Waals surface area contributed by atoms with Crippen molar-refractivity contribution in [3.05, 3.63) is 17.0 Å². The number of hydrogen-bond acceptors (Lipinski definition) is 3. The third-order valence-corrected chi connectivity index (χ3v) is 5.13. The number of aliphatic hydroxyl groups excluding tert-OH is 1. The molecule has 1 spiro atoms. The number of nitrogens with zero attached hydrogens (tertiary/aromatic N) is 2. The number of aryl methyl sites for hydroxylation is 1. The van der Waals surface area contributed by atoms with Gasteiger partial charge in [0.2, 0.25) is 0 Å². The summed E-state index contributed by atoms with van der Waals surface area (Å²) in [5.74, 6) is 0. The summed E-state index contributed by atoms with van der Waals surface area (Å²) in [7, 11) is 0. The Labute approximate surface area is 121 Å². The Morgan fingerprint density at radius 3 is 2.65 bits per heavy atom. The van der Waals surface area contributed by atoms with Crippen LogP contribution in [0, 0.1) is 13.8 Å². The van der Waals surface area contributed by atoms with Crippen molar-refractivity contribution in [1.29, 1.82) is 0 Å². The van der Waals surface area contributed by atoms with Crippen LogP contribution in [0.4, 0.5) is 0 Å². The Hall–Kier alpha value is -0.870. The fraction of sp³-hybridized carbons (Fsp3) is 0.812. The van der Waals surface area contributed by atoms with Crippen molar-refractivity contribution in [2.24, 2.45) is 0 Å². The van der Waals surface area contributed by atoms with E-state index in [9.17, 15) is 5.11 Å². The fourth-order valence-electron chi connectivity index (χ4n) is 4.21. The molecule has 112 valence electrons. The van der Waals surface area contributed by atoms with Gasteiger partial charge in [-0.15, -0.1) is 0 Å². The van der Waals surface area contributed by atoms with Gasteiger partial charge in [-0.3, -0.25) is 4.68 Å². The highest BCUT2D eigenvalue weighted by molar-refractivity contribution is 5.27. The minimum atomic E-state index is -0.441. The number of ether oxygens (including phenoxy) is 1. The lowest BCUT2D eigenvalue weighted by Crippen LogP contribution is -2.38. The zero-order valence-electron chi connectivity index (χ0n) is 12.9. The molecule has 2 fully saturated rings. The molecule has 0 bridgehead atoms. The largest absolute Gasteiger partial charge is 0.389 e. The van der Waals surface area contributed by atoms with E-state index in [0.717, 1.165) is 36.4 Å². The molecule has 1 saturated heterocycles. The topological polar surface area (TPSA) is 47.3 Å². The summed E-state index contributed by atoms with van der Waals surface area (Å²) in [4.78, 5) is 0. The molecule has 1 aliphatic carbocycles. The van der Waals surface area contributed by atoms with Crippen LogP contribution in [0.25, 0.3) is 0 Å². The summed E-state index contributed by atoms with van der Waals surface area (Å²) in [6.45, 7) is 6.74.